The molecule has 0 unspecified atom stereocenters. The van der Waals surface area contributed by atoms with E-state index >= 15 is 0 Å². The second kappa shape index (κ2) is 7.09. The van der Waals surface area contributed by atoms with E-state index in [0.29, 0.717) is 13.1 Å². The molecule has 8 nitrogen and oxygen atoms in total. The van der Waals surface area contributed by atoms with E-state index in [1.165, 1.54) is 7.11 Å². The second-order valence-electron chi connectivity index (χ2n) is 6.36. The molecule has 0 radical (unpaired) electrons. The number of aromatic nitrogens is 1. The molecule has 2 atom stereocenters. The molecule has 0 N–H and O–H groups in total. The highest BCUT2D eigenvalue weighted by Gasteiger charge is 2.49. The molecule has 2 aliphatic heterocycles. The van der Waals surface area contributed by atoms with Gasteiger partial charge >= 0.3 is 0 Å². The van der Waals surface area contributed by atoms with Crippen LogP contribution in [0.15, 0.2) is 24.5 Å². The number of fused-ring (bicyclic) bond motifs is 1. The fourth-order valence-electron chi connectivity index (χ4n) is 3.56. The Labute approximate surface area is 146 Å². The van der Waals surface area contributed by atoms with Crippen LogP contribution in [0.2, 0.25) is 0 Å². The van der Waals surface area contributed by atoms with Crippen molar-refractivity contribution < 1.29 is 22.7 Å². The molecule has 2 fully saturated rings. The number of piperazine rings is 1. The number of hydrogen-bond donors (Lipinski definition) is 0. The highest BCUT2D eigenvalue weighted by Crippen LogP contribution is 2.27. The molecule has 2 amide bonds. The van der Waals surface area contributed by atoms with Gasteiger partial charge in [-0.05, 0) is 11.6 Å². The fraction of sp³-hybridized carbons (Fsp3) is 0.562. The van der Waals surface area contributed by atoms with Crippen molar-refractivity contribution in [3.8, 4) is 0 Å². The number of nitrogens with zero attached hydrogens (tertiary/aromatic N) is 3. The van der Waals surface area contributed by atoms with Crippen LogP contribution in [0, 0.1) is 0 Å². The van der Waals surface area contributed by atoms with Crippen molar-refractivity contribution in [2.75, 3.05) is 38.3 Å². The van der Waals surface area contributed by atoms with Crippen molar-refractivity contribution in [1.29, 1.82) is 0 Å². The molecule has 1 aromatic heterocycles. The Kier molecular flexibility index (Phi) is 5.05. The first-order chi connectivity index (χ1) is 11.9. The molecule has 0 aliphatic carbocycles. The smallest absolute Gasteiger partial charge is 0.248 e. The molecule has 1 aromatic rings. The largest absolute Gasteiger partial charge is 0.375 e. The van der Waals surface area contributed by atoms with Crippen LogP contribution in [0.25, 0.3) is 0 Å². The summed E-state index contributed by atoms with van der Waals surface area (Å²) in [5.74, 6) is -0.593. The number of carbonyl (C=O) groups is 2. The molecule has 0 spiro atoms. The molecular weight excluding hydrogens is 346 g/mol. The van der Waals surface area contributed by atoms with Crippen LogP contribution in [0.3, 0.4) is 0 Å². The Hall–Kier alpha value is -2.00. The number of ether oxygens (including phenoxy) is 1. The summed E-state index contributed by atoms with van der Waals surface area (Å²) in [5.41, 5.74) is 0.780. The van der Waals surface area contributed by atoms with Crippen molar-refractivity contribution in [3.05, 3.63) is 30.1 Å². The van der Waals surface area contributed by atoms with Gasteiger partial charge in [-0.1, -0.05) is 6.07 Å². The van der Waals surface area contributed by atoms with Gasteiger partial charge in [-0.15, -0.1) is 0 Å². The normalized spacial score (nSPS) is 24.8. The zero-order valence-electron chi connectivity index (χ0n) is 14.0. The maximum absolute atomic E-state index is 12.7. The van der Waals surface area contributed by atoms with E-state index in [1.54, 1.807) is 28.3 Å². The zero-order chi connectivity index (χ0) is 18.0. The van der Waals surface area contributed by atoms with Crippen molar-refractivity contribution in [1.82, 2.24) is 14.8 Å². The number of rotatable bonds is 4. The Morgan fingerprint density at radius 1 is 1.20 bits per heavy atom. The summed E-state index contributed by atoms with van der Waals surface area (Å²) in [4.78, 5) is 32.1. The van der Waals surface area contributed by atoms with E-state index in [4.69, 9.17) is 4.74 Å². The third-order valence-corrected chi connectivity index (χ3v) is 6.36. The number of sulfone groups is 1. The van der Waals surface area contributed by atoms with Gasteiger partial charge in [-0.25, -0.2) is 8.42 Å². The quantitative estimate of drug-likeness (QED) is 0.685. The summed E-state index contributed by atoms with van der Waals surface area (Å²) >= 11 is 0. The zero-order valence-corrected chi connectivity index (χ0v) is 14.8. The first kappa shape index (κ1) is 17.8. The molecule has 3 rings (SSSR count). The summed E-state index contributed by atoms with van der Waals surface area (Å²) in [6, 6.07) is 2.57. The van der Waals surface area contributed by atoms with Gasteiger partial charge in [0.25, 0.3) is 0 Å². The summed E-state index contributed by atoms with van der Waals surface area (Å²) < 4.78 is 29.1. The summed E-state index contributed by atoms with van der Waals surface area (Å²) in [6.07, 6.45) is 3.43. The maximum atomic E-state index is 12.7. The number of carbonyl (C=O) groups excluding carboxylic acids is 2. The topological polar surface area (TPSA) is 96.9 Å². The Balaban J connectivity index is 1.78. The van der Waals surface area contributed by atoms with Gasteiger partial charge in [0.15, 0.2) is 9.84 Å². The highest BCUT2D eigenvalue weighted by atomic mass is 32.2. The minimum atomic E-state index is -3.29. The number of hydrogen-bond acceptors (Lipinski definition) is 6. The predicted molar refractivity (Wildman–Crippen MR) is 89.5 cm³/mol. The fourth-order valence-corrected chi connectivity index (χ4v) is 5.54. The number of pyridine rings is 1. The molecule has 2 aliphatic rings. The second-order valence-corrected chi connectivity index (χ2v) is 8.51. The van der Waals surface area contributed by atoms with Crippen LogP contribution < -0.4 is 0 Å². The van der Waals surface area contributed by atoms with E-state index in [0.717, 1.165) is 5.56 Å². The van der Waals surface area contributed by atoms with Gasteiger partial charge in [0.2, 0.25) is 11.8 Å². The summed E-state index contributed by atoms with van der Waals surface area (Å²) in [7, 11) is -1.87. The van der Waals surface area contributed by atoms with Crippen LogP contribution >= 0.6 is 0 Å². The van der Waals surface area contributed by atoms with E-state index in [1.807, 2.05) is 6.07 Å². The summed E-state index contributed by atoms with van der Waals surface area (Å²) in [5, 5.41) is 0. The van der Waals surface area contributed by atoms with Gasteiger partial charge in [-0.3, -0.25) is 14.6 Å². The molecule has 0 saturated carbocycles. The highest BCUT2D eigenvalue weighted by molar-refractivity contribution is 7.91. The Bertz CT molecular complexity index is 752. The van der Waals surface area contributed by atoms with Gasteiger partial charge in [0.05, 0.1) is 30.0 Å². The standard InChI is InChI=1S/C16H21N3O5S/c1-24-9-16(21)19-6-5-18(13-10-25(22,23)11-14(13)19)15(20)7-12-3-2-4-17-8-12/h2-4,8,13-14H,5-7,9-11H2,1H3/t13-,14+/m0/s1. The molecule has 2 saturated heterocycles. The number of amides is 2. The lowest BCUT2D eigenvalue weighted by molar-refractivity contribution is -0.147. The van der Waals surface area contributed by atoms with Crippen LogP contribution in [-0.2, 0) is 30.6 Å². The molecule has 3 heterocycles. The van der Waals surface area contributed by atoms with Crippen molar-refractivity contribution >= 4 is 21.7 Å². The Morgan fingerprint density at radius 3 is 2.40 bits per heavy atom. The van der Waals surface area contributed by atoms with Crippen LogP contribution in [0.5, 0.6) is 0 Å². The Morgan fingerprint density at radius 2 is 1.84 bits per heavy atom. The molecule has 25 heavy (non-hydrogen) atoms. The third-order valence-electron chi connectivity index (χ3n) is 4.66. The molecule has 9 heteroatoms. The van der Waals surface area contributed by atoms with Gasteiger partial charge < -0.3 is 14.5 Å². The predicted octanol–water partition coefficient (Wildman–Crippen LogP) is -0.893. The lowest BCUT2D eigenvalue weighted by atomic mass is 10.0. The first-order valence-electron chi connectivity index (χ1n) is 8.08. The third kappa shape index (κ3) is 3.82. The van der Waals surface area contributed by atoms with E-state index in [9.17, 15) is 18.0 Å². The van der Waals surface area contributed by atoms with Crippen molar-refractivity contribution in [3.63, 3.8) is 0 Å². The molecular formula is C16H21N3O5S. The minimum Gasteiger partial charge on any atom is -0.375 e. The molecule has 0 bridgehead atoms. The SMILES string of the molecule is COCC(=O)N1CCN(C(=O)Cc2cccnc2)[C@H]2CS(=O)(=O)C[C@H]21. The van der Waals surface area contributed by atoms with E-state index in [2.05, 4.69) is 4.98 Å². The average molecular weight is 367 g/mol. The lowest BCUT2D eigenvalue weighted by Gasteiger charge is -2.43. The first-order valence-corrected chi connectivity index (χ1v) is 9.90. The molecule has 0 aromatic carbocycles. The minimum absolute atomic E-state index is 0.0904. The van der Waals surface area contributed by atoms with Crippen molar-refractivity contribution in [2.24, 2.45) is 0 Å². The molecule has 136 valence electrons. The number of methoxy groups -OCH3 is 1. The maximum Gasteiger partial charge on any atom is 0.248 e. The van der Waals surface area contributed by atoms with Gasteiger partial charge in [0, 0.05) is 32.6 Å². The summed E-state index contributed by atoms with van der Waals surface area (Å²) in [6.45, 7) is 0.551. The van der Waals surface area contributed by atoms with E-state index < -0.39 is 21.9 Å². The van der Waals surface area contributed by atoms with Gasteiger partial charge in [0.1, 0.15) is 6.61 Å². The van der Waals surface area contributed by atoms with Crippen molar-refractivity contribution in [2.45, 2.75) is 18.5 Å². The van der Waals surface area contributed by atoms with Crippen LogP contribution in [0.4, 0.5) is 0 Å². The van der Waals surface area contributed by atoms with Crippen LogP contribution in [-0.4, -0.2) is 85.4 Å². The van der Waals surface area contributed by atoms with Gasteiger partial charge in [-0.2, -0.15) is 0 Å². The van der Waals surface area contributed by atoms with Crippen LogP contribution in [0.1, 0.15) is 5.56 Å². The average Bonchev–Trinajstić information content (AvgIpc) is 2.89. The van der Waals surface area contributed by atoms with E-state index in [-0.39, 0.29) is 36.3 Å². The monoisotopic (exact) mass is 367 g/mol. The lowest BCUT2D eigenvalue weighted by Crippen LogP contribution is -2.62.